The molecular weight excluding hydrogens is 639 g/mol. The molecule has 0 N–H and O–H groups in total. The normalized spacial score (nSPS) is 19.4. The van der Waals surface area contributed by atoms with Crippen molar-refractivity contribution in [3.8, 4) is 0 Å². The minimum Gasteiger partial charge on any atom is -0.374 e. The van der Waals surface area contributed by atoms with Crippen LogP contribution < -0.4 is 0 Å². The molecule has 8 nitrogen and oxygen atoms in total. The van der Waals surface area contributed by atoms with Crippen LogP contribution in [0.15, 0.2) is 150 Å². The fourth-order valence-corrected chi connectivity index (χ4v) is 6.72. The molecule has 1 aliphatic heterocycles. The minimum absolute atomic E-state index is 0.0282. The molecule has 1 fully saturated rings. The van der Waals surface area contributed by atoms with Crippen LogP contribution in [-0.2, 0) is 50.1 Å². The lowest BCUT2D eigenvalue weighted by Gasteiger charge is -2.29. The molecule has 0 spiro atoms. The average molecular weight is 678 g/mol. The number of nitro groups is 1. The van der Waals surface area contributed by atoms with E-state index >= 15 is 0 Å². The van der Waals surface area contributed by atoms with Crippen molar-refractivity contribution in [1.29, 1.82) is 0 Å². The van der Waals surface area contributed by atoms with Crippen LogP contribution in [0.3, 0.4) is 0 Å². The Labute approximate surface area is 291 Å². The van der Waals surface area contributed by atoms with Gasteiger partial charge in [0.25, 0.3) is 5.69 Å². The van der Waals surface area contributed by atoms with Crippen LogP contribution in [0.1, 0.15) is 22.3 Å². The molecule has 0 radical (unpaired) electrons. The summed E-state index contributed by atoms with van der Waals surface area (Å²) in [5.41, 5.74) is 3.66. The molecule has 49 heavy (non-hydrogen) atoms. The lowest BCUT2D eigenvalue weighted by atomic mass is 10.1. The summed E-state index contributed by atoms with van der Waals surface area (Å²) >= 11 is 1.45. The predicted molar refractivity (Wildman–Crippen MR) is 189 cm³/mol. The van der Waals surface area contributed by atoms with Crippen molar-refractivity contribution < 1.29 is 28.6 Å². The third-order valence-corrected chi connectivity index (χ3v) is 9.30. The molecule has 9 heteroatoms. The van der Waals surface area contributed by atoms with Crippen LogP contribution in [0.2, 0.25) is 0 Å². The highest BCUT2D eigenvalue weighted by atomic mass is 32.2. The molecule has 0 unspecified atom stereocenters. The fourth-order valence-electron chi connectivity index (χ4n) is 5.61. The number of hydrogen-bond acceptors (Lipinski definition) is 8. The summed E-state index contributed by atoms with van der Waals surface area (Å²) in [6.07, 6.45) is -2.10. The second-order valence-corrected chi connectivity index (χ2v) is 12.9. The van der Waals surface area contributed by atoms with E-state index in [1.165, 1.54) is 23.9 Å². The first-order valence-electron chi connectivity index (χ1n) is 16.3. The molecule has 6 rings (SSSR count). The third-order valence-electron chi connectivity index (χ3n) is 8.14. The summed E-state index contributed by atoms with van der Waals surface area (Å²) in [6, 6.07) is 46.5. The van der Waals surface area contributed by atoms with E-state index in [9.17, 15) is 10.1 Å². The molecule has 5 atom stereocenters. The zero-order valence-corrected chi connectivity index (χ0v) is 27.8. The van der Waals surface area contributed by atoms with Crippen molar-refractivity contribution in [1.82, 2.24) is 0 Å². The van der Waals surface area contributed by atoms with Gasteiger partial charge in [-0.3, -0.25) is 10.1 Å². The number of nitro benzene ring substituents is 1. The van der Waals surface area contributed by atoms with Gasteiger partial charge < -0.3 is 23.7 Å². The summed E-state index contributed by atoms with van der Waals surface area (Å²) in [7, 11) is 0. The van der Waals surface area contributed by atoms with E-state index in [2.05, 4.69) is 0 Å². The second kappa shape index (κ2) is 17.9. The summed E-state index contributed by atoms with van der Waals surface area (Å²) in [6.45, 7) is 1.74. The molecule has 5 aromatic carbocycles. The predicted octanol–water partition coefficient (Wildman–Crippen LogP) is 8.38. The van der Waals surface area contributed by atoms with Crippen molar-refractivity contribution >= 4 is 17.4 Å². The van der Waals surface area contributed by atoms with Crippen molar-refractivity contribution in [2.24, 2.45) is 0 Å². The SMILES string of the molecule is O=[N+]([O-])c1ccc(S[C@@H]2O[C@@H]([C@@H](COCc3ccccc3)OCc3ccccc3)[C@H](OCc3ccccc3)[C@H]2OCc2ccccc2)cc1. The summed E-state index contributed by atoms with van der Waals surface area (Å²) < 4.78 is 33.2. The Bertz CT molecular complexity index is 1700. The zero-order valence-electron chi connectivity index (χ0n) is 27.0. The molecule has 1 aliphatic rings. The van der Waals surface area contributed by atoms with E-state index in [1.807, 2.05) is 121 Å². The first-order chi connectivity index (χ1) is 24.1. The first-order valence-corrected chi connectivity index (χ1v) is 17.2. The third kappa shape index (κ3) is 10.1. The van der Waals surface area contributed by atoms with Crippen LogP contribution in [-0.4, -0.2) is 41.4 Å². The summed E-state index contributed by atoms with van der Waals surface area (Å²) in [5, 5.41) is 11.3. The monoisotopic (exact) mass is 677 g/mol. The molecule has 0 aliphatic carbocycles. The maximum Gasteiger partial charge on any atom is 0.269 e. The molecule has 252 valence electrons. The number of hydrogen-bond donors (Lipinski definition) is 0. The second-order valence-electron chi connectivity index (χ2n) is 11.7. The molecule has 0 aromatic heterocycles. The van der Waals surface area contributed by atoms with Gasteiger partial charge in [0.2, 0.25) is 0 Å². The van der Waals surface area contributed by atoms with Crippen LogP contribution in [0.5, 0.6) is 0 Å². The van der Waals surface area contributed by atoms with Crippen molar-refractivity contribution in [3.63, 3.8) is 0 Å². The maximum absolute atomic E-state index is 11.3. The van der Waals surface area contributed by atoms with Gasteiger partial charge in [-0.2, -0.15) is 0 Å². The van der Waals surface area contributed by atoms with Crippen LogP contribution in [0.25, 0.3) is 0 Å². The van der Waals surface area contributed by atoms with E-state index in [0.717, 1.165) is 27.1 Å². The van der Waals surface area contributed by atoms with Gasteiger partial charge in [0, 0.05) is 17.0 Å². The number of nitrogens with zero attached hydrogens (tertiary/aromatic N) is 1. The number of non-ortho nitro benzene ring substituents is 1. The first kappa shape index (κ1) is 34.5. The van der Waals surface area contributed by atoms with Gasteiger partial charge >= 0.3 is 0 Å². The van der Waals surface area contributed by atoms with E-state index in [4.69, 9.17) is 23.7 Å². The van der Waals surface area contributed by atoms with Gasteiger partial charge in [-0.15, -0.1) is 0 Å². The van der Waals surface area contributed by atoms with Crippen molar-refractivity contribution in [3.05, 3.63) is 178 Å². The molecular formula is C40H39NO7S. The highest BCUT2D eigenvalue weighted by Gasteiger charge is 2.50. The van der Waals surface area contributed by atoms with Gasteiger partial charge in [-0.05, 0) is 34.4 Å². The quantitative estimate of drug-likeness (QED) is 0.0717. The zero-order chi connectivity index (χ0) is 33.7. The van der Waals surface area contributed by atoms with Gasteiger partial charge in [-0.25, -0.2) is 0 Å². The lowest BCUT2D eigenvalue weighted by molar-refractivity contribution is -0.384. The van der Waals surface area contributed by atoms with Crippen LogP contribution in [0, 0.1) is 10.1 Å². The van der Waals surface area contributed by atoms with E-state index in [1.54, 1.807) is 12.1 Å². The van der Waals surface area contributed by atoms with E-state index < -0.39 is 34.8 Å². The smallest absolute Gasteiger partial charge is 0.269 e. The van der Waals surface area contributed by atoms with E-state index in [0.29, 0.717) is 26.4 Å². The molecule has 1 heterocycles. The minimum atomic E-state index is -0.556. The Kier molecular flexibility index (Phi) is 12.6. The van der Waals surface area contributed by atoms with Crippen LogP contribution in [0.4, 0.5) is 5.69 Å². The Balaban J connectivity index is 1.29. The molecule has 0 amide bonds. The topological polar surface area (TPSA) is 89.3 Å². The average Bonchev–Trinajstić information content (AvgIpc) is 3.49. The largest absolute Gasteiger partial charge is 0.374 e. The summed E-state index contributed by atoms with van der Waals surface area (Å²) in [4.78, 5) is 11.7. The maximum atomic E-state index is 11.3. The van der Waals surface area contributed by atoms with Crippen molar-refractivity contribution in [2.75, 3.05) is 6.61 Å². The Morgan fingerprint density at radius 3 is 1.59 bits per heavy atom. The van der Waals surface area contributed by atoms with Gasteiger partial charge in [0.1, 0.15) is 29.9 Å². The Morgan fingerprint density at radius 2 is 1.08 bits per heavy atom. The van der Waals surface area contributed by atoms with Gasteiger partial charge in [0.05, 0.1) is 38.0 Å². The highest BCUT2D eigenvalue weighted by molar-refractivity contribution is 7.99. The molecule has 1 saturated heterocycles. The number of benzene rings is 5. The van der Waals surface area contributed by atoms with Crippen LogP contribution >= 0.6 is 11.8 Å². The molecule has 0 bridgehead atoms. The molecule has 0 saturated carbocycles. The molecule has 5 aromatic rings. The van der Waals surface area contributed by atoms with Gasteiger partial charge in [-0.1, -0.05) is 133 Å². The standard InChI is InChI=1S/C40H39NO7S/c42-41(43)34-21-23-35(24-22-34)49-40-39(47-28-33-19-11-4-12-20-33)38(46-27-32-17-9-3-10-18-32)37(48-40)36(45-26-31-15-7-2-8-16-31)29-44-25-30-13-5-1-6-14-30/h1-24,36-40H,25-29H2/t36-,37+,38+,39-,40+/m1/s1. The number of thioether (sulfide) groups is 1. The highest BCUT2D eigenvalue weighted by Crippen LogP contribution is 2.40. The lowest BCUT2D eigenvalue weighted by Crippen LogP contribution is -2.44. The Morgan fingerprint density at radius 1 is 0.612 bits per heavy atom. The van der Waals surface area contributed by atoms with E-state index in [-0.39, 0.29) is 12.3 Å². The Hall–Kier alpha value is -4.35. The van der Waals surface area contributed by atoms with Gasteiger partial charge in [0.15, 0.2) is 0 Å². The number of rotatable bonds is 17. The van der Waals surface area contributed by atoms with Crippen molar-refractivity contribution in [2.45, 2.75) is 61.2 Å². The summed E-state index contributed by atoms with van der Waals surface area (Å²) in [5.74, 6) is 0. The number of ether oxygens (including phenoxy) is 5. The fraction of sp³-hybridized carbons (Fsp3) is 0.250.